The van der Waals surface area contributed by atoms with Crippen molar-refractivity contribution in [3.63, 3.8) is 0 Å². The molecule has 2 aromatic carbocycles. The van der Waals surface area contributed by atoms with Crippen LogP contribution >= 0.6 is 23.4 Å². The maximum Gasteiger partial charge on any atom is 0.247 e. The molecule has 0 radical (unpaired) electrons. The van der Waals surface area contributed by atoms with Gasteiger partial charge in [-0.3, -0.25) is 9.69 Å². The molecule has 0 unspecified atom stereocenters. The predicted molar refractivity (Wildman–Crippen MR) is 128 cm³/mol. The Kier molecular flexibility index (Phi) is 6.67. The Labute approximate surface area is 197 Å². The molecule has 0 aliphatic carbocycles. The number of nitrogens with zero attached hydrogens (tertiary/aromatic N) is 4. The van der Waals surface area contributed by atoms with Crippen molar-refractivity contribution in [1.82, 2.24) is 15.2 Å². The van der Waals surface area contributed by atoms with Gasteiger partial charge in [0, 0.05) is 28.8 Å². The molecule has 0 bridgehead atoms. The van der Waals surface area contributed by atoms with Gasteiger partial charge >= 0.3 is 0 Å². The van der Waals surface area contributed by atoms with Crippen LogP contribution in [0.15, 0.2) is 47.6 Å². The third kappa shape index (κ3) is 4.59. The molecule has 0 N–H and O–H groups in total. The second kappa shape index (κ2) is 9.46. The van der Waals surface area contributed by atoms with Crippen LogP contribution in [0.5, 0.6) is 5.88 Å². The van der Waals surface area contributed by atoms with Crippen LogP contribution in [0.1, 0.15) is 44.5 Å². The van der Waals surface area contributed by atoms with E-state index in [9.17, 15) is 4.79 Å². The summed E-state index contributed by atoms with van der Waals surface area (Å²) >= 11 is 8.07. The molecule has 1 aliphatic rings. The lowest BCUT2D eigenvalue weighted by atomic mass is 10.0. The number of carbonyl (C=O) groups excluding carboxylic acids is 1. The van der Waals surface area contributed by atoms with Gasteiger partial charge in [-0.2, -0.15) is 4.98 Å². The van der Waals surface area contributed by atoms with Gasteiger partial charge in [-0.25, -0.2) is 0 Å². The number of carbonyl (C=O) groups is 1. The average molecular weight is 469 g/mol. The van der Waals surface area contributed by atoms with E-state index < -0.39 is 6.23 Å². The number of halogens is 1. The minimum absolute atomic E-state index is 0.174. The number of ether oxygens (including phenoxy) is 1. The second-order valence-corrected chi connectivity index (χ2v) is 9.65. The van der Waals surface area contributed by atoms with Crippen molar-refractivity contribution in [3.8, 4) is 17.1 Å². The summed E-state index contributed by atoms with van der Waals surface area (Å²) in [6, 6.07) is 13.2. The number of rotatable bonds is 5. The fourth-order valence-electron chi connectivity index (χ4n) is 3.54. The SMILES string of the molecule is CC(=O)N1c2ccc(C)cc2-c2nnc(SCCC(C)C)nc2O[C@@H]1c1ccccc1Cl. The highest BCUT2D eigenvalue weighted by atomic mass is 35.5. The Morgan fingerprint density at radius 3 is 2.72 bits per heavy atom. The summed E-state index contributed by atoms with van der Waals surface area (Å²) in [5.41, 5.74) is 3.66. The lowest BCUT2D eigenvalue weighted by Gasteiger charge is -2.30. The van der Waals surface area contributed by atoms with Crippen molar-refractivity contribution >= 4 is 35.0 Å². The quantitative estimate of drug-likeness (QED) is 0.422. The molecule has 1 atom stereocenters. The van der Waals surface area contributed by atoms with Crippen LogP contribution in [-0.2, 0) is 4.79 Å². The maximum atomic E-state index is 12.9. The summed E-state index contributed by atoms with van der Waals surface area (Å²) in [5.74, 6) is 1.65. The Balaban J connectivity index is 1.86. The van der Waals surface area contributed by atoms with Crippen molar-refractivity contribution in [3.05, 3.63) is 58.6 Å². The topological polar surface area (TPSA) is 68.2 Å². The normalized spacial score (nSPS) is 15.1. The zero-order chi connectivity index (χ0) is 22.8. The van der Waals surface area contributed by atoms with E-state index >= 15 is 0 Å². The summed E-state index contributed by atoms with van der Waals surface area (Å²) in [4.78, 5) is 19.1. The summed E-state index contributed by atoms with van der Waals surface area (Å²) < 4.78 is 6.38. The van der Waals surface area contributed by atoms with E-state index in [1.54, 1.807) is 22.7 Å². The van der Waals surface area contributed by atoms with Crippen LogP contribution in [0, 0.1) is 12.8 Å². The standard InChI is InChI=1S/C24H25ClN4O2S/c1-14(2)11-12-32-24-26-22-21(27-28-24)18-13-15(3)9-10-20(18)29(16(4)30)23(31-22)17-7-5-6-8-19(17)25/h5-10,13-14,23H,11-12H2,1-4H3/t23-/m1/s1. The number of fused-ring (bicyclic) bond motifs is 3. The molecule has 0 spiro atoms. The molecule has 0 fully saturated rings. The van der Waals surface area contributed by atoms with E-state index in [1.807, 2.05) is 43.3 Å². The van der Waals surface area contributed by atoms with Crippen molar-refractivity contribution in [2.45, 2.75) is 45.5 Å². The van der Waals surface area contributed by atoms with E-state index in [1.165, 1.54) is 6.92 Å². The molecule has 8 heteroatoms. The number of hydrogen-bond donors (Lipinski definition) is 0. The van der Waals surface area contributed by atoms with E-state index in [0.717, 1.165) is 23.3 Å². The monoisotopic (exact) mass is 468 g/mol. The molecule has 32 heavy (non-hydrogen) atoms. The molecular formula is C24H25ClN4O2S. The maximum absolute atomic E-state index is 12.9. The van der Waals surface area contributed by atoms with Gasteiger partial charge in [0.15, 0.2) is 5.69 Å². The minimum Gasteiger partial charge on any atom is -0.447 e. The molecule has 3 aromatic rings. The van der Waals surface area contributed by atoms with Crippen molar-refractivity contribution < 1.29 is 9.53 Å². The van der Waals surface area contributed by atoms with E-state index in [0.29, 0.717) is 38.9 Å². The third-order valence-electron chi connectivity index (χ3n) is 5.20. The molecule has 4 rings (SSSR count). The first-order chi connectivity index (χ1) is 15.3. The highest BCUT2D eigenvalue weighted by molar-refractivity contribution is 7.99. The number of anilines is 1. The number of amides is 1. The number of aromatic nitrogens is 3. The van der Waals surface area contributed by atoms with Gasteiger partial charge in [0.25, 0.3) is 0 Å². The van der Waals surface area contributed by atoms with Gasteiger partial charge in [0.1, 0.15) is 0 Å². The Morgan fingerprint density at radius 1 is 1.22 bits per heavy atom. The van der Waals surface area contributed by atoms with Crippen LogP contribution in [0.4, 0.5) is 5.69 Å². The van der Waals surface area contributed by atoms with Crippen LogP contribution in [0.3, 0.4) is 0 Å². The summed E-state index contributed by atoms with van der Waals surface area (Å²) in [5, 5.41) is 9.87. The van der Waals surface area contributed by atoms with Crippen molar-refractivity contribution in [2.24, 2.45) is 5.92 Å². The Hall–Kier alpha value is -2.64. The van der Waals surface area contributed by atoms with Crippen molar-refractivity contribution in [2.75, 3.05) is 10.7 Å². The molecule has 0 saturated heterocycles. The molecule has 6 nitrogen and oxygen atoms in total. The fourth-order valence-corrected chi connectivity index (χ4v) is 4.79. The summed E-state index contributed by atoms with van der Waals surface area (Å²) in [6.07, 6.45) is 0.267. The van der Waals surface area contributed by atoms with E-state index in [2.05, 4.69) is 29.0 Å². The first-order valence-electron chi connectivity index (χ1n) is 10.5. The van der Waals surface area contributed by atoms with Gasteiger partial charge < -0.3 is 4.74 Å². The van der Waals surface area contributed by atoms with Gasteiger partial charge in [0.2, 0.25) is 23.2 Å². The van der Waals surface area contributed by atoms with E-state index in [4.69, 9.17) is 16.3 Å². The molecule has 1 aromatic heterocycles. The fraction of sp³-hybridized carbons (Fsp3) is 0.333. The largest absolute Gasteiger partial charge is 0.447 e. The highest BCUT2D eigenvalue weighted by Crippen LogP contribution is 2.44. The number of benzene rings is 2. The Bertz CT molecular complexity index is 1150. The second-order valence-electron chi connectivity index (χ2n) is 8.18. The number of hydrogen-bond acceptors (Lipinski definition) is 6. The first kappa shape index (κ1) is 22.6. The lowest BCUT2D eigenvalue weighted by molar-refractivity contribution is -0.118. The molecule has 166 valence electrons. The average Bonchev–Trinajstić information content (AvgIpc) is 2.88. The van der Waals surface area contributed by atoms with Gasteiger partial charge in [-0.15, -0.1) is 10.2 Å². The zero-order valence-corrected chi connectivity index (χ0v) is 20.1. The van der Waals surface area contributed by atoms with Crippen LogP contribution < -0.4 is 9.64 Å². The molecule has 1 amide bonds. The molecule has 2 heterocycles. The third-order valence-corrected chi connectivity index (χ3v) is 6.41. The molecular weight excluding hydrogens is 444 g/mol. The number of aryl methyl sites for hydroxylation is 1. The van der Waals surface area contributed by atoms with Crippen molar-refractivity contribution in [1.29, 1.82) is 0 Å². The summed E-state index contributed by atoms with van der Waals surface area (Å²) in [7, 11) is 0. The van der Waals surface area contributed by atoms with Gasteiger partial charge in [-0.05, 0) is 37.5 Å². The zero-order valence-electron chi connectivity index (χ0n) is 18.5. The molecule has 0 saturated carbocycles. The predicted octanol–water partition coefficient (Wildman–Crippen LogP) is 6.08. The highest BCUT2D eigenvalue weighted by Gasteiger charge is 2.35. The smallest absolute Gasteiger partial charge is 0.247 e. The van der Waals surface area contributed by atoms with Crippen LogP contribution in [-0.4, -0.2) is 26.8 Å². The lowest BCUT2D eigenvalue weighted by Crippen LogP contribution is -2.36. The summed E-state index contributed by atoms with van der Waals surface area (Å²) in [6.45, 7) is 7.87. The number of thioether (sulfide) groups is 1. The van der Waals surface area contributed by atoms with Gasteiger partial charge in [0.05, 0.1) is 5.69 Å². The minimum atomic E-state index is -0.783. The first-order valence-corrected chi connectivity index (χ1v) is 11.9. The Morgan fingerprint density at radius 2 is 2.00 bits per heavy atom. The van der Waals surface area contributed by atoms with Crippen LogP contribution in [0.25, 0.3) is 11.3 Å². The van der Waals surface area contributed by atoms with Crippen LogP contribution in [0.2, 0.25) is 5.02 Å². The molecule has 1 aliphatic heterocycles. The van der Waals surface area contributed by atoms with Gasteiger partial charge in [-0.1, -0.05) is 67.0 Å². The van der Waals surface area contributed by atoms with E-state index in [-0.39, 0.29) is 5.91 Å².